The Morgan fingerprint density at radius 1 is 0.971 bits per heavy atom. The number of hydrogen-bond donors (Lipinski definition) is 0. The van der Waals surface area contributed by atoms with Crippen LogP contribution in [0.2, 0.25) is 0 Å². The summed E-state index contributed by atoms with van der Waals surface area (Å²) in [6, 6.07) is 20.0. The smallest absolute Gasteiger partial charge is 0.137 e. The number of anilines is 1. The Labute approximate surface area is 205 Å². The minimum Gasteiger partial charge on any atom is -0.495 e. The van der Waals surface area contributed by atoms with Crippen molar-refractivity contribution >= 4 is 16.7 Å². The fourth-order valence-corrected chi connectivity index (χ4v) is 4.94. The van der Waals surface area contributed by atoms with Crippen molar-refractivity contribution in [1.82, 2.24) is 9.97 Å². The van der Waals surface area contributed by atoms with Gasteiger partial charge in [-0.3, -0.25) is 4.98 Å². The van der Waals surface area contributed by atoms with Crippen molar-refractivity contribution in [2.24, 2.45) is 0 Å². The van der Waals surface area contributed by atoms with Crippen LogP contribution in [0.5, 0.6) is 5.75 Å². The second kappa shape index (κ2) is 9.36. The largest absolute Gasteiger partial charge is 0.495 e. The number of nitrogens with zero attached hydrogens (tertiary/aromatic N) is 4. The molecule has 2 atom stereocenters. The molecule has 0 amide bonds. The van der Waals surface area contributed by atoms with Crippen LogP contribution in [0.1, 0.15) is 25.1 Å². The zero-order chi connectivity index (χ0) is 24.5. The quantitative estimate of drug-likeness (QED) is 0.382. The van der Waals surface area contributed by atoms with Crippen LogP contribution in [0.3, 0.4) is 0 Å². The van der Waals surface area contributed by atoms with E-state index in [9.17, 15) is 0 Å². The lowest BCUT2D eigenvalue weighted by Gasteiger charge is -2.36. The zero-order valence-corrected chi connectivity index (χ0v) is 20.4. The number of rotatable bonds is 4. The van der Waals surface area contributed by atoms with Gasteiger partial charge >= 0.3 is 0 Å². The molecular formula is C29H28N4O2. The first-order valence-electron chi connectivity index (χ1n) is 11.8. The summed E-state index contributed by atoms with van der Waals surface area (Å²) in [5.41, 5.74) is 6.34. The molecule has 1 saturated heterocycles. The molecule has 2 aromatic carbocycles. The molecule has 1 aliphatic rings. The Morgan fingerprint density at radius 2 is 1.71 bits per heavy atom. The molecule has 0 spiro atoms. The predicted molar refractivity (Wildman–Crippen MR) is 139 cm³/mol. The lowest BCUT2D eigenvalue weighted by molar-refractivity contribution is -0.00546. The van der Waals surface area contributed by atoms with E-state index in [-0.39, 0.29) is 12.2 Å². The Bertz CT molecular complexity index is 1420. The van der Waals surface area contributed by atoms with Gasteiger partial charge in [0.05, 0.1) is 36.5 Å². The van der Waals surface area contributed by atoms with E-state index in [2.05, 4.69) is 36.9 Å². The van der Waals surface area contributed by atoms with Crippen molar-refractivity contribution in [1.29, 1.82) is 5.26 Å². The van der Waals surface area contributed by atoms with Crippen LogP contribution in [-0.2, 0) is 4.74 Å². The van der Waals surface area contributed by atoms with Gasteiger partial charge in [0.15, 0.2) is 0 Å². The summed E-state index contributed by atoms with van der Waals surface area (Å²) >= 11 is 0. The molecule has 176 valence electrons. The van der Waals surface area contributed by atoms with Crippen LogP contribution in [0.4, 0.5) is 5.82 Å². The lowest BCUT2D eigenvalue weighted by atomic mass is 9.97. The minimum atomic E-state index is 0.176. The van der Waals surface area contributed by atoms with Gasteiger partial charge in [0, 0.05) is 47.1 Å². The van der Waals surface area contributed by atoms with Gasteiger partial charge in [0.1, 0.15) is 11.6 Å². The second-order valence-electron chi connectivity index (χ2n) is 9.06. The first kappa shape index (κ1) is 22.8. The number of methoxy groups -OCH3 is 1. The van der Waals surface area contributed by atoms with Gasteiger partial charge < -0.3 is 14.4 Å². The predicted octanol–water partition coefficient (Wildman–Crippen LogP) is 5.77. The molecule has 6 nitrogen and oxygen atoms in total. The molecule has 0 radical (unpaired) electrons. The van der Waals surface area contributed by atoms with Crippen molar-refractivity contribution in [3.63, 3.8) is 0 Å². The maximum atomic E-state index is 9.12. The number of morpholine rings is 1. The van der Waals surface area contributed by atoms with E-state index in [0.717, 1.165) is 63.5 Å². The highest BCUT2D eigenvalue weighted by Gasteiger charge is 2.24. The van der Waals surface area contributed by atoms with Crippen LogP contribution in [0, 0.1) is 18.3 Å². The molecule has 5 rings (SSSR count). The highest BCUT2D eigenvalue weighted by molar-refractivity contribution is 6.00. The van der Waals surface area contributed by atoms with E-state index in [1.54, 1.807) is 7.11 Å². The van der Waals surface area contributed by atoms with Crippen LogP contribution >= 0.6 is 0 Å². The van der Waals surface area contributed by atoms with Gasteiger partial charge in [0.2, 0.25) is 0 Å². The van der Waals surface area contributed by atoms with Crippen molar-refractivity contribution in [3.8, 4) is 34.1 Å². The average Bonchev–Trinajstić information content (AvgIpc) is 2.87. The van der Waals surface area contributed by atoms with Crippen molar-refractivity contribution < 1.29 is 9.47 Å². The third-order valence-electron chi connectivity index (χ3n) is 6.48. The molecule has 0 saturated carbocycles. The maximum Gasteiger partial charge on any atom is 0.137 e. The van der Waals surface area contributed by atoms with Gasteiger partial charge in [-0.1, -0.05) is 24.3 Å². The van der Waals surface area contributed by atoms with Crippen LogP contribution in [-0.4, -0.2) is 42.4 Å². The molecule has 6 heteroatoms. The normalized spacial score (nSPS) is 17.9. The number of benzene rings is 2. The number of aryl methyl sites for hydroxylation is 1. The molecule has 3 heterocycles. The Kier molecular flexibility index (Phi) is 6.10. The highest BCUT2D eigenvalue weighted by Crippen LogP contribution is 2.40. The van der Waals surface area contributed by atoms with E-state index < -0.39 is 0 Å². The number of para-hydroxylation sites is 1. The Balaban J connectivity index is 1.56. The van der Waals surface area contributed by atoms with Crippen LogP contribution in [0.15, 0.2) is 60.8 Å². The number of aromatic nitrogens is 2. The first-order valence-corrected chi connectivity index (χ1v) is 11.8. The molecule has 35 heavy (non-hydrogen) atoms. The molecule has 2 aromatic heterocycles. The molecule has 0 unspecified atom stereocenters. The number of hydrogen-bond acceptors (Lipinski definition) is 6. The number of pyridine rings is 2. The fraction of sp³-hybridized carbons (Fsp3) is 0.276. The third-order valence-corrected chi connectivity index (χ3v) is 6.48. The van der Waals surface area contributed by atoms with E-state index in [0.29, 0.717) is 5.56 Å². The SMILES string of the molecule is COc1c(-c2ccc(N3C[C@@H](C)O[C@@H](C)C3)nc2C)cnc2c(-c3ccc(C#N)cc3)cccc12. The van der Waals surface area contributed by atoms with Crippen molar-refractivity contribution in [2.45, 2.75) is 33.0 Å². The monoisotopic (exact) mass is 464 g/mol. The fourth-order valence-electron chi connectivity index (χ4n) is 4.94. The Hall–Kier alpha value is -3.95. The summed E-state index contributed by atoms with van der Waals surface area (Å²) in [6.45, 7) is 7.89. The molecule has 1 fully saturated rings. The standard InChI is InChI=1S/C29H28N4O2/c1-18-16-33(17-19(2)35-18)27-13-12-23(20(3)32-27)26-15-31-28-24(6-5-7-25(28)29(26)34-4)22-10-8-21(14-30)9-11-22/h5-13,15,18-19H,16-17H2,1-4H3/t18-,19+. The Morgan fingerprint density at radius 3 is 2.37 bits per heavy atom. The second-order valence-corrected chi connectivity index (χ2v) is 9.06. The van der Waals surface area contributed by atoms with Gasteiger partial charge in [-0.05, 0) is 56.7 Å². The molecular weight excluding hydrogens is 436 g/mol. The first-order chi connectivity index (χ1) is 17.0. The summed E-state index contributed by atoms with van der Waals surface area (Å²) in [5.74, 6) is 1.74. The van der Waals surface area contributed by atoms with Crippen LogP contribution in [0.25, 0.3) is 33.2 Å². The number of fused-ring (bicyclic) bond motifs is 1. The zero-order valence-electron chi connectivity index (χ0n) is 20.4. The van der Waals surface area contributed by atoms with Crippen molar-refractivity contribution in [3.05, 3.63) is 72.1 Å². The average molecular weight is 465 g/mol. The molecule has 0 N–H and O–H groups in total. The molecule has 4 aromatic rings. The van der Waals surface area contributed by atoms with Gasteiger partial charge in [-0.15, -0.1) is 0 Å². The van der Waals surface area contributed by atoms with E-state index in [1.165, 1.54) is 0 Å². The summed E-state index contributed by atoms with van der Waals surface area (Å²) in [7, 11) is 1.69. The van der Waals surface area contributed by atoms with Gasteiger partial charge in [0.25, 0.3) is 0 Å². The third kappa shape index (κ3) is 4.31. The summed E-state index contributed by atoms with van der Waals surface area (Å²) in [4.78, 5) is 12.1. The van der Waals surface area contributed by atoms with E-state index in [4.69, 9.17) is 24.7 Å². The maximum absolute atomic E-state index is 9.12. The number of nitriles is 1. The molecule has 0 bridgehead atoms. The van der Waals surface area contributed by atoms with E-state index >= 15 is 0 Å². The topological polar surface area (TPSA) is 71.3 Å². The summed E-state index contributed by atoms with van der Waals surface area (Å²) < 4.78 is 11.8. The summed E-state index contributed by atoms with van der Waals surface area (Å²) in [5, 5.41) is 10.1. The van der Waals surface area contributed by atoms with Crippen LogP contribution < -0.4 is 9.64 Å². The van der Waals surface area contributed by atoms with Gasteiger partial charge in [-0.25, -0.2) is 4.98 Å². The number of ether oxygens (including phenoxy) is 2. The molecule has 0 aliphatic carbocycles. The summed E-state index contributed by atoms with van der Waals surface area (Å²) in [6.07, 6.45) is 2.22. The molecule has 1 aliphatic heterocycles. The highest BCUT2D eigenvalue weighted by atomic mass is 16.5. The lowest BCUT2D eigenvalue weighted by Crippen LogP contribution is -2.45. The van der Waals surface area contributed by atoms with Crippen molar-refractivity contribution in [2.75, 3.05) is 25.1 Å². The van der Waals surface area contributed by atoms with Gasteiger partial charge in [-0.2, -0.15) is 5.26 Å². The minimum absolute atomic E-state index is 0.176. The van der Waals surface area contributed by atoms with E-state index in [1.807, 2.05) is 55.6 Å².